The second-order valence-electron chi connectivity index (χ2n) is 7.88. The molecule has 1 saturated carbocycles. The summed E-state index contributed by atoms with van der Waals surface area (Å²) in [6.45, 7) is 9.06. The van der Waals surface area contributed by atoms with Gasteiger partial charge in [-0.2, -0.15) is 0 Å². The van der Waals surface area contributed by atoms with Gasteiger partial charge in [-0.3, -0.25) is 4.99 Å². The highest BCUT2D eigenvalue weighted by molar-refractivity contribution is 14.0. The van der Waals surface area contributed by atoms with Crippen LogP contribution in [0.5, 0.6) is 5.75 Å². The Bertz CT molecular complexity index is 664. The summed E-state index contributed by atoms with van der Waals surface area (Å²) in [5.41, 5.74) is 1.36. The van der Waals surface area contributed by atoms with E-state index in [1.807, 2.05) is 12.1 Å². The molecule has 1 saturated heterocycles. The molecule has 0 spiro atoms. The van der Waals surface area contributed by atoms with Crippen molar-refractivity contribution in [3.63, 3.8) is 0 Å². The van der Waals surface area contributed by atoms with Gasteiger partial charge in [-0.25, -0.2) is 0 Å². The molecule has 2 N–H and O–H groups in total. The van der Waals surface area contributed by atoms with Crippen LogP contribution in [0.2, 0.25) is 0 Å². The quantitative estimate of drug-likeness (QED) is 0.403. The largest absolute Gasteiger partial charge is 0.493 e. The Hall–Kier alpha value is -1.02. The molecule has 144 valence electrons. The monoisotopic (exact) mass is 471 g/mol. The fourth-order valence-corrected chi connectivity index (χ4v) is 4.71. The van der Waals surface area contributed by atoms with Gasteiger partial charge in [0.2, 0.25) is 0 Å². The Morgan fingerprint density at radius 1 is 1.19 bits per heavy atom. The van der Waals surface area contributed by atoms with Crippen molar-refractivity contribution in [2.45, 2.75) is 51.8 Å². The molecule has 1 aromatic carbocycles. The molecule has 2 heterocycles. The number of nitrogens with one attached hydrogen (secondary N) is 2. The maximum atomic E-state index is 5.92. The number of nitrogens with zero attached hydrogens (tertiary/aromatic N) is 1. The van der Waals surface area contributed by atoms with Crippen molar-refractivity contribution in [3.8, 4) is 5.75 Å². The average molecular weight is 471 g/mol. The number of halogens is 1. The number of rotatable bonds is 3. The number of fused-ring (bicyclic) bond motifs is 2. The number of guanidine groups is 1. The van der Waals surface area contributed by atoms with Crippen molar-refractivity contribution < 1.29 is 9.47 Å². The zero-order valence-corrected chi connectivity index (χ0v) is 18.2. The Kier molecular flexibility index (Phi) is 6.01. The SMILES string of the molecule is CCN=C(NC1CCOc2ccccc21)NC1C2CCOC2C1(C)C.I. The van der Waals surface area contributed by atoms with Crippen molar-refractivity contribution in [1.82, 2.24) is 10.6 Å². The first-order valence-corrected chi connectivity index (χ1v) is 9.52. The van der Waals surface area contributed by atoms with E-state index in [1.165, 1.54) is 5.56 Å². The summed E-state index contributed by atoms with van der Waals surface area (Å²) in [6, 6.07) is 8.93. The molecule has 1 aliphatic carbocycles. The number of ether oxygens (including phenoxy) is 2. The van der Waals surface area contributed by atoms with Gasteiger partial charge in [0.25, 0.3) is 0 Å². The molecule has 1 aromatic rings. The van der Waals surface area contributed by atoms with E-state index in [1.54, 1.807) is 0 Å². The molecule has 0 bridgehead atoms. The predicted octanol–water partition coefficient (Wildman–Crippen LogP) is 3.50. The van der Waals surface area contributed by atoms with Crippen LogP contribution in [0.4, 0.5) is 0 Å². The van der Waals surface area contributed by atoms with Gasteiger partial charge < -0.3 is 20.1 Å². The maximum Gasteiger partial charge on any atom is 0.191 e. The number of benzene rings is 1. The van der Waals surface area contributed by atoms with E-state index < -0.39 is 0 Å². The second-order valence-corrected chi connectivity index (χ2v) is 7.88. The maximum absolute atomic E-state index is 5.92. The minimum atomic E-state index is 0. The van der Waals surface area contributed by atoms with Crippen LogP contribution in [-0.4, -0.2) is 37.9 Å². The van der Waals surface area contributed by atoms with E-state index in [0.29, 0.717) is 18.1 Å². The van der Waals surface area contributed by atoms with Gasteiger partial charge in [-0.05, 0) is 19.4 Å². The summed E-state index contributed by atoms with van der Waals surface area (Å²) in [5.74, 6) is 2.49. The molecule has 0 radical (unpaired) electrons. The first-order chi connectivity index (χ1) is 12.1. The van der Waals surface area contributed by atoms with Crippen LogP contribution >= 0.6 is 24.0 Å². The van der Waals surface area contributed by atoms with Crippen LogP contribution in [0.15, 0.2) is 29.3 Å². The lowest BCUT2D eigenvalue weighted by Crippen LogP contribution is -2.68. The van der Waals surface area contributed by atoms with Crippen LogP contribution in [0.25, 0.3) is 0 Å². The number of hydrogen-bond acceptors (Lipinski definition) is 3. The molecule has 0 amide bonds. The summed E-state index contributed by atoms with van der Waals surface area (Å²) in [5, 5.41) is 7.36. The third-order valence-corrected chi connectivity index (χ3v) is 5.98. The predicted molar refractivity (Wildman–Crippen MR) is 114 cm³/mol. The van der Waals surface area contributed by atoms with Crippen LogP contribution in [0.3, 0.4) is 0 Å². The fraction of sp³-hybridized carbons (Fsp3) is 0.650. The smallest absolute Gasteiger partial charge is 0.191 e. The molecular weight excluding hydrogens is 441 g/mol. The Balaban J connectivity index is 0.00000196. The zero-order chi connectivity index (χ0) is 17.4. The Morgan fingerprint density at radius 2 is 2.00 bits per heavy atom. The lowest BCUT2D eigenvalue weighted by atomic mass is 9.57. The van der Waals surface area contributed by atoms with Crippen LogP contribution in [0, 0.1) is 11.3 Å². The minimum absolute atomic E-state index is 0. The molecule has 4 unspecified atom stereocenters. The molecule has 3 aliphatic rings. The van der Waals surface area contributed by atoms with E-state index in [0.717, 1.165) is 44.3 Å². The van der Waals surface area contributed by atoms with Gasteiger partial charge in [0.05, 0.1) is 18.8 Å². The molecule has 2 aliphatic heterocycles. The highest BCUT2D eigenvalue weighted by atomic mass is 127. The standard InChI is InChI=1S/C20H29N3O2.HI/c1-4-21-19(23-17-14-9-11-25-18(14)20(17,2)3)22-15-10-12-24-16-8-6-5-7-13(15)16;/h5-8,14-15,17-18H,4,9-12H2,1-3H3,(H2,21,22,23);1H. The molecule has 6 heteroatoms. The normalized spacial score (nSPS) is 31.6. The van der Waals surface area contributed by atoms with E-state index in [4.69, 9.17) is 14.5 Å². The molecule has 2 fully saturated rings. The van der Waals surface area contributed by atoms with Crippen molar-refractivity contribution in [2.24, 2.45) is 16.3 Å². The van der Waals surface area contributed by atoms with E-state index in [9.17, 15) is 0 Å². The van der Waals surface area contributed by atoms with Gasteiger partial charge in [0.15, 0.2) is 5.96 Å². The van der Waals surface area contributed by atoms with Gasteiger partial charge >= 0.3 is 0 Å². The first-order valence-electron chi connectivity index (χ1n) is 9.52. The Labute approximate surface area is 173 Å². The third-order valence-electron chi connectivity index (χ3n) is 5.98. The molecule has 5 nitrogen and oxygen atoms in total. The average Bonchev–Trinajstić information content (AvgIpc) is 3.07. The zero-order valence-electron chi connectivity index (χ0n) is 15.8. The van der Waals surface area contributed by atoms with Gasteiger partial charge in [0.1, 0.15) is 5.75 Å². The van der Waals surface area contributed by atoms with Gasteiger partial charge in [0, 0.05) is 42.5 Å². The third kappa shape index (κ3) is 3.42. The molecule has 0 aromatic heterocycles. The highest BCUT2D eigenvalue weighted by Crippen LogP contribution is 2.52. The summed E-state index contributed by atoms with van der Waals surface area (Å²) >= 11 is 0. The molecule has 26 heavy (non-hydrogen) atoms. The summed E-state index contributed by atoms with van der Waals surface area (Å²) in [6.07, 6.45) is 2.48. The van der Waals surface area contributed by atoms with Crippen molar-refractivity contribution in [1.29, 1.82) is 0 Å². The van der Waals surface area contributed by atoms with Crippen molar-refractivity contribution in [2.75, 3.05) is 19.8 Å². The summed E-state index contributed by atoms with van der Waals surface area (Å²) < 4.78 is 11.7. The summed E-state index contributed by atoms with van der Waals surface area (Å²) in [7, 11) is 0. The fourth-order valence-electron chi connectivity index (χ4n) is 4.71. The van der Waals surface area contributed by atoms with Gasteiger partial charge in [-0.1, -0.05) is 32.0 Å². The van der Waals surface area contributed by atoms with Crippen molar-refractivity contribution >= 4 is 29.9 Å². The molecule has 4 rings (SSSR count). The molecular formula is C20H30IN3O2. The van der Waals surface area contributed by atoms with Crippen LogP contribution < -0.4 is 15.4 Å². The number of aliphatic imine (C=N–C) groups is 1. The second kappa shape index (κ2) is 7.92. The van der Waals surface area contributed by atoms with Crippen LogP contribution in [0.1, 0.15) is 45.2 Å². The van der Waals surface area contributed by atoms with Crippen molar-refractivity contribution in [3.05, 3.63) is 29.8 Å². The Morgan fingerprint density at radius 3 is 2.81 bits per heavy atom. The van der Waals surface area contributed by atoms with Crippen LogP contribution in [-0.2, 0) is 4.74 Å². The number of para-hydroxylation sites is 1. The van der Waals surface area contributed by atoms with E-state index in [2.05, 4.69) is 43.5 Å². The van der Waals surface area contributed by atoms with Gasteiger partial charge in [-0.15, -0.1) is 24.0 Å². The molecule has 4 atom stereocenters. The topological polar surface area (TPSA) is 54.9 Å². The summed E-state index contributed by atoms with van der Waals surface area (Å²) in [4.78, 5) is 4.71. The van der Waals surface area contributed by atoms with E-state index >= 15 is 0 Å². The number of hydrogen-bond donors (Lipinski definition) is 2. The minimum Gasteiger partial charge on any atom is -0.493 e. The highest BCUT2D eigenvalue weighted by Gasteiger charge is 2.59. The lowest BCUT2D eigenvalue weighted by molar-refractivity contribution is -0.106. The lowest BCUT2D eigenvalue weighted by Gasteiger charge is -2.55. The first kappa shape index (κ1) is 19.7. The van der Waals surface area contributed by atoms with E-state index in [-0.39, 0.29) is 35.4 Å².